The standard InChI is InChI=1S/C12H21NO2/c1-4-5-9-13-11(3)8-6-7-10(2)12(14)15/h10-11,13H,6-9H2,1-3H3,(H,14,15). The fraction of sp³-hybridized carbons (Fsp3) is 0.750. The van der Waals surface area contributed by atoms with Gasteiger partial charge in [0.25, 0.3) is 0 Å². The minimum absolute atomic E-state index is 0.229. The molecule has 0 aromatic rings. The molecule has 0 saturated carbocycles. The van der Waals surface area contributed by atoms with Gasteiger partial charge in [-0.2, -0.15) is 0 Å². The number of nitrogens with one attached hydrogen (secondary N) is 1. The molecule has 0 fully saturated rings. The van der Waals surface area contributed by atoms with Gasteiger partial charge in [0, 0.05) is 6.04 Å². The summed E-state index contributed by atoms with van der Waals surface area (Å²) >= 11 is 0. The number of hydrogen-bond acceptors (Lipinski definition) is 2. The van der Waals surface area contributed by atoms with E-state index < -0.39 is 5.97 Å². The van der Waals surface area contributed by atoms with Crippen molar-refractivity contribution in [2.75, 3.05) is 6.54 Å². The Morgan fingerprint density at radius 3 is 2.60 bits per heavy atom. The molecule has 86 valence electrons. The number of rotatable bonds is 7. The van der Waals surface area contributed by atoms with E-state index >= 15 is 0 Å². The Kier molecular flexibility index (Phi) is 7.75. The van der Waals surface area contributed by atoms with Crippen LogP contribution >= 0.6 is 0 Å². The molecule has 0 saturated heterocycles. The molecule has 0 amide bonds. The lowest BCUT2D eigenvalue weighted by atomic mass is 10.0. The first-order valence-electron chi connectivity index (χ1n) is 5.43. The Morgan fingerprint density at radius 1 is 1.40 bits per heavy atom. The van der Waals surface area contributed by atoms with Crippen molar-refractivity contribution in [3.05, 3.63) is 0 Å². The summed E-state index contributed by atoms with van der Waals surface area (Å²) < 4.78 is 0. The van der Waals surface area contributed by atoms with Crippen LogP contribution in [0.5, 0.6) is 0 Å². The molecule has 2 unspecified atom stereocenters. The highest BCUT2D eigenvalue weighted by molar-refractivity contribution is 5.69. The first kappa shape index (κ1) is 14.0. The monoisotopic (exact) mass is 211 g/mol. The minimum atomic E-state index is -0.701. The second-order valence-corrected chi connectivity index (χ2v) is 3.88. The van der Waals surface area contributed by atoms with Crippen LogP contribution in [-0.2, 0) is 4.79 Å². The molecular weight excluding hydrogens is 190 g/mol. The number of carboxylic acids is 1. The zero-order valence-corrected chi connectivity index (χ0v) is 9.84. The summed E-state index contributed by atoms with van der Waals surface area (Å²) in [6, 6.07) is 0.409. The zero-order valence-electron chi connectivity index (χ0n) is 9.84. The number of hydrogen-bond donors (Lipinski definition) is 2. The molecular formula is C12H21NO2. The van der Waals surface area contributed by atoms with Crippen LogP contribution in [0.25, 0.3) is 0 Å². The minimum Gasteiger partial charge on any atom is -0.481 e. The van der Waals surface area contributed by atoms with Gasteiger partial charge in [0.2, 0.25) is 0 Å². The molecule has 3 heteroatoms. The van der Waals surface area contributed by atoms with Gasteiger partial charge in [0.1, 0.15) is 0 Å². The fourth-order valence-corrected chi connectivity index (χ4v) is 1.27. The van der Waals surface area contributed by atoms with E-state index in [1.165, 1.54) is 0 Å². The third kappa shape index (κ3) is 8.02. The van der Waals surface area contributed by atoms with Gasteiger partial charge in [-0.3, -0.25) is 4.79 Å². The molecule has 0 aromatic heterocycles. The van der Waals surface area contributed by atoms with Gasteiger partial charge in [-0.1, -0.05) is 19.3 Å². The topological polar surface area (TPSA) is 49.3 Å². The SMILES string of the molecule is CC#CCNC(C)CCCC(C)C(=O)O. The molecule has 0 rings (SSSR count). The van der Waals surface area contributed by atoms with Gasteiger partial charge in [-0.05, 0) is 26.7 Å². The second kappa shape index (κ2) is 8.31. The van der Waals surface area contributed by atoms with E-state index in [1.807, 2.05) is 6.92 Å². The van der Waals surface area contributed by atoms with Crippen LogP contribution in [0.3, 0.4) is 0 Å². The van der Waals surface area contributed by atoms with Gasteiger partial charge < -0.3 is 10.4 Å². The highest BCUT2D eigenvalue weighted by Gasteiger charge is 2.10. The third-order valence-corrected chi connectivity index (χ3v) is 2.41. The Morgan fingerprint density at radius 2 is 2.07 bits per heavy atom. The Hall–Kier alpha value is -1.01. The van der Waals surface area contributed by atoms with Gasteiger partial charge in [-0.25, -0.2) is 0 Å². The van der Waals surface area contributed by atoms with Gasteiger partial charge >= 0.3 is 5.97 Å². The highest BCUT2D eigenvalue weighted by atomic mass is 16.4. The van der Waals surface area contributed by atoms with Gasteiger partial charge in [0.15, 0.2) is 0 Å². The predicted octanol–water partition coefficient (Wildman–Crippen LogP) is 1.88. The molecule has 0 radical (unpaired) electrons. The van der Waals surface area contributed by atoms with Crippen molar-refractivity contribution in [1.29, 1.82) is 0 Å². The van der Waals surface area contributed by atoms with Crippen LogP contribution in [0.4, 0.5) is 0 Å². The number of carbonyl (C=O) groups is 1. The number of aliphatic carboxylic acids is 1. The van der Waals surface area contributed by atoms with Crippen molar-refractivity contribution in [1.82, 2.24) is 5.32 Å². The maximum Gasteiger partial charge on any atom is 0.306 e. The molecule has 2 N–H and O–H groups in total. The Labute approximate surface area is 92.3 Å². The van der Waals surface area contributed by atoms with Crippen LogP contribution in [0.1, 0.15) is 40.0 Å². The molecule has 0 bridgehead atoms. The normalized spacial score (nSPS) is 13.8. The summed E-state index contributed by atoms with van der Waals surface area (Å²) in [4.78, 5) is 10.6. The first-order chi connectivity index (χ1) is 7.07. The number of carboxylic acid groups (broad SMARTS) is 1. The molecule has 0 aromatic carbocycles. The molecule has 3 nitrogen and oxygen atoms in total. The lowest BCUT2D eigenvalue weighted by Gasteiger charge is -2.12. The summed E-state index contributed by atoms with van der Waals surface area (Å²) in [6.45, 7) is 6.39. The molecule has 2 atom stereocenters. The van der Waals surface area contributed by atoms with E-state index in [0.29, 0.717) is 12.6 Å². The van der Waals surface area contributed by atoms with Crippen molar-refractivity contribution >= 4 is 5.97 Å². The van der Waals surface area contributed by atoms with E-state index in [4.69, 9.17) is 5.11 Å². The zero-order chi connectivity index (χ0) is 11.7. The van der Waals surface area contributed by atoms with Gasteiger partial charge in [-0.15, -0.1) is 5.92 Å². The summed E-state index contributed by atoms with van der Waals surface area (Å²) in [5.41, 5.74) is 0. The molecule has 0 aliphatic rings. The van der Waals surface area contributed by atoms with Crippen molar-refractivity contribution in [3.8, 4) is 11.8 Å². The van der Waals surface area contributed by atoms with Crippen LogP contribution < -0.4 is 5.32 Å². The molecule has 15 heavy (non-hydrogen) atoms. The van der Waals surface area contributed by atoms with Gasteiger partial charge in [0.05, 0.1) is 12.5 Å². The van der Waals surface area contributed by atoms with E-state index in [9.17, 15) is 4.79 Å². The van der Waals surface area contributed by atoms with Crippen molar-refractivity contribution < 1.29 is 9.90 Å². The van der Waals surface area contributed by atoms with E-state index in [1.54, 1.807) is 6.92 Å². The highest BCUT2D eigenvalue weighted by Crippen LogP contribution is 2.09. The summed E-state index contributed by atoms with van der Waals surface area (Å²) in [5.74, 6) is 4.83. The quantitative estimate of drug-likeness (QED) is 0.632. The maximum absolute atomic E-state index is 10.6. The van der Waals surface area contributed by atoms with Crippen LogP contribution in [0, 0.1) is 17.8 Å². The van der Waals surface area contributed by atoms with Crippen molar-refractivity contribution in [2.24, 2.45) is 5.92 Å². The van der Waals surface area contributed by atoms with Crippen molar-refractivity contribution in [3.63, 3.8) is 0 Å². The van der Waals surface area contributed by atoms with Crippen LogP contribution in [-0.4, -0.2) is 23.7 Å². The van der Waals surface area contributed by atoms with E-state index in [-0.39, 0.29) is 5.92 Å². The molecule has 0 aliphatic carbocycles. The van der Waals surface area contributed by atoms with Crippen molar-refractivity contribution in [2.45, 2.75) is 46.1 Å². The van der Waals surface area contributed by atoms with Crippen LogP contribution in [0.15, 0.2) is 0 Å². The maximum atomic E-state index is 10.6. The first-order valence-corrected chi connectivity index (χ1v) is 5.43. The molecule has 0 spiro atoms. The smallest absolute Gasteiger partial charge is 0.306 e. The Bertz CT molecular complexity index is 240. The largest absolute Gasteiger partial charge is 0.481 e. The summed E-state index contributed by atoms with van der Waals surface area (Å²) in [5, 5.41) is 12.0. The molecule has 0 heterocycles. The molecule has 0 aliphatic heterocycles. The van der Waals surface area contributed by atoms with E-state index in [2.05, 4.69) is 24.1 Å². The second-order valence-electron chi connectivity index (χ2n) is 3.88. The third-order valence-electron chi connectivity index (χ3n) is 2.41. The van der Waals surface area contributed by atoms with Crippen LogP contribution in [0.2, 0.25) is 0 Å². The summed E-state index contributed by atoms with van der Waals surface area (Å²) in [6.07, 6.45) is 2.70. The summed E-state index contributed by atoms with van der Waals surface area (Å²) in [7, 11) is 0. The fourth-order valence-electron chi connectivity index (χ4n) is 1.27. The van der Waals surface area contributed by atoms with E-state index in [0.717, 1.165) is 19.3 Å². The lowest BCUT2D eigenvalue weighted by Crippen LogP contribution is -2.26. The average Bonchev–Trinajstić information content (AvgIpc) is 2.18. The Balaban J connectivity index is 3.48. The average molecular weight is 211 g/mol. The lowest BCUT2D eigenvalue weighted by molar-refractivity contribution is -0.141. The predicted molar refractivity (Wildman–Crippen MR) is 61.6 cm³/mol.